The second-order valence-electron chi connectivity index (χ2n) is 2.59. The number of hydrogen-bond acceptors (Lipinski definition) is 4. The maximum atomic E-state index is 10.7. The Morgan fingerprint density at radius 2 is 2.57 bits per heavy atom. The van der Waals surface area contributed by atoms with Gasteiger partial charge in [-0.15, -0.1) is 0 Å². The van der Waals surface area contributed by atoms with Gasteiger partial charge < -0.3 is 21.1 Å². The molecule has 5 N–H and O–H groups in total. The van der Waals surface area contributed by atoms with Gasteiger partial charge in [0, 0.05) is 13.1 Å². The van der Waals surface area contributed by atoms with Crippen LogP contribution in [0.1, 0.15) is 5.69 Å². The van der Waals surface area contributed by atoms with Gasteiger partial charge in [-0.1, -0.05) is 0 Å². The number of imidazole rings is 1. The van der Waals surface area contributed by atoms with E-state index in [2.05, 4.69) is 15.3 Å². The number of carbonyl (C=O) groups is 1. The number of aromatic amines is 1. The molecule has 1 heterocycles. The maximum absolute atomic E-state index is 10.7. The first-order chi connectivity index (χ1) is 6.74. The zero-order valence-corrected chi connectivity index (χ0v) is 7.53. The zero-order valence-electron chi connectivity index (χ0n) is 7.53. The summed E-state index contributed by atoms with van der Waals surface area (Å²) in [6.07, 6.45) is 4.48. The molecule has 0 aromatic carbocycles. The van der Waals surface area contributed by atoms with E-state index in [0.29, 0.717) is 18.8 Å². The molecule has 76 valence electrons. The fourth-order valence-electron chi connectivity index (χ4n) is 0.896. The van der Waals surface area contributed by atoms with E-state index < -0.39 is 5.97 Å². The van der Waals surface area contributed by atoms with Crippen LogP contribution in [0.25, 0.3) is 6.08 Å². The summed E-state index contributed by atoms with van der Waals surface area (Å²) >= 11 is 0. The number of hydrogen-bond donors (Lipinski definition) is 4. The van der Waals surface area contributed by atoms with E-state index in [9.17, 15) is 4.79 Å². The first-order valence-corrected chi connectivity index (χ1v) is 4.11. The summed E-state index contributed by atoms with van der Waals surface area (Å²) in [5, 5.41) is 11.5. The summed E-state index contributed by atoms with van der Waals surface area (Å²) in [5.41, 5.74) is 5.98. The van der Waals surface area contributed by atoms with Crippen LogP contribution >= 0.6 is 0 Å². The Labute approximate surface area is 80.8 Å². The minimum Gasteiger partial charge on any atom is -0.477 e. The summed E-state index contributed by atoms with van der Waals surface area (Å²) in [7, 11) is 0. The number of aliphatic carboxylic acids is 1. The van der Waals surface area contributed by atoms with Crippen molar-refractivity contribution in [3.05, 3.63) is 23.9 Å². The van der Waals surface area contributed by atoms with Crippen LogP contribution in [0.3, 0.4) is 0 Å². The van der Waals surface area contributed by atoms with Crippen molar-refractivity contribution < 1.29 is 9.90 Å². The maximum Gasteiger partial charge on any atom is 0.352 e. The van der Waals surface area contributed by atoms with E-state index >= 15 is 0 Å². The molecule has 0 fully saturated rings. The minimum absolute atomic E-state index is 0.0969. The highest BCUT2D eigenvalue weighted by atomic mass is 16.4. The molecule has 0 aliphatic rings. The lowest BCUT2D eigenvalue weighted by Crippen LogP contribution is -2.26. The van der Waals surface area contributed by atoms with E-state index in [4.69, 9.17) is 10.8 Å². The molecule has 0 atom stereocenters. The normalized spacial score (nSPS) is 11.4. The van der Waals surface area contributed by atoms with Crippen molar-refractivity contribution in [3.8, 4) is 0 Å². The van der Waals surface area contributed by atoms with E-state index in [1.165, 1.54) is 18.6 Å². The predicted octanol–water partition coefficient (Wildman–Crippen LogP) is -0.617. The van der Waals surface area contributed by atoms with Crippen molar-refractivity contribution in [3.63, 3.8) is 0 Å². The first-order valence-electron chi connectivity index (χ1n) is 4.11. The van der Waals surface area contributed by atoms with Crippen molar-refractivity contribution in [1.29, 1.82) is 0 Å². The van der Waals surface area contributed by atoms with E-state index in [0.717, 1.165) is 0 Å². The van der Waals surface area contributed by atoms with Gasteiger partial charge in [0.05, 0.1) is 18.2 Å². The Kier molecular flexibility index (Phi) is 3.69. The monoisotopic (exact) mass is 196 g/mol. The second kappa shape index (κ2) is 5.03. The van der Waals surface area contributed by atoms with Crippen molar-refractivity contribution >= 4 is 12.0 Å². The zero-order chi connectivity index (χ0) is 10.4. The van der Waals surface area contributed by atoms with E-state index in [-0.39, 0.29) is 5.70 Å². The molecule has 0 unspecified atom stereocenters. The fourth-order valence-corrected chi connectivity index (χ4v) is 0.896. The van der Waals surface area contributed by atoms with Crippen LogP contribution in [-0.4, -0.2) is 34.1 Å². The minimum atomic E-state index is -1.02. The third-order valence-electron chi connectivity index (χ3n) is 1.51. The molecule has 0 spiro atoms. The fraction of sp³-hybridized carbons (Fsp3) is 0.250. The number of H-pyrrole nitrogens is 1. The third kappa shape index (κ3) is 2.91. The predicted molar refractivity (Wildman–Crippen MR) is 51.3 cm³/mol. The van der Waals surface area contributed by atoms with Crippen molar-refractivity contribution in [2.75, 3.05) is 13.1 Å². The molecule has 0 saturated carbocycles. The summed E-state index contributed by atoms with van der Waals surface area (Å²) < 4.78 is 0. The molecular weight excluding hydrogens is 184 g/mol. The second-order valence-corrected chi connectivity index (χ2v) is 2.59. The van der Waals surface area contributed by atoms with Gasteiger partial charge in [-0.3, -0.25) is 0 Å². The number of rotatable bonds is 5. The summed E-state index contributed by atoms with van der Waals surface area (Å²) in [4.78, 5) is 17.3. The van der Waals surface area contributed by atoms with Crippen LogP contribution in [0.2, 0.25) is 0 Å². The lowest BCUT2D eigenvalue weighted by Gasteiger charge is -2.03. The molecule has 0 saturated heterocycles. The number of carboxylic acid groups (broad SMARTS) is 1. The standard InChI is InChI=1S/C8H12N4O2/c9-1-2-11-7(8(13)14)3-6-4-10-5-12-6/h3-5,11H,1-2,9H2,(H,10,12)(H,13,14)/b7-3+. The van der Waals surface area contributed by atoms with Crippen LogP contribution < -0.4 is 11.1 Å². The molecule has 1 rings (SSSR count). The molecule has 0 amide bonds. The van der Waals surface area contributed by atoms with Gasteiger partial charge in [0.1, 0.15) is 5.70 Å². The highest BCUT2D eigenvalue weighted by molar-refractivity contribution is 5.91. The number of nitrogens with zero attached hydrogens (tertiary/aromatic N) is 1. The summed E-state index contributed by atoms with van der Waals surface area (Å²) in [6.45, 7) is 0.805. The van der Waals surface area contributed by atoms with Crippen LogP contribution in [0, 0.1) is 0 Å². The van der Waals surface area contributed by atoms with Gasteiger partial charge in [0.15, 0.2) is 0 Å². The van der Waals surface area contributed by atoms with Crippen LogP contribution in [-0.2, 0) is 4.79 Å². The van der Waals surface area contributed by atoms with Gasteiger partial charge >= 0.3 is 5.97 Å². The lowest BCUT2D eigenvalue weighted by molar-refractivity contribution is -0.132. The molecular formula is C8H12N4O2. The Hall–Kier alpha value is -1.82. The largest absolute Gasteiger partial charge is 0.477 e. The molecule has 14 heavy (non-hydrogen) atoms. The molecule has 0 aliphatic heterocycles. The Balaban J connectivity index is 2.72. The Morgan fingerprint density at radius 1 is 1.79 bits per heavy atom. The summed E-state index contributed by atoms with van der Waals surface area (Å²) in [6, 6.07) is 0. The van der Waals surface area contributed by atoms with Crippen molar-refractivity contribution in [2.45, 2.75) is 0 Å². The molecule has 6 nitrogen and oxygen atoms in total. The Morgan fingerprint density at radius 3 is 3.07 bits per heavy atom. The molecule has 1 aromatic heterocycles. The topological polar surface area (TPSA) is 104 Å². The highest BCUT2D eigenvalue weighted by Crippen LogP contribution is 1.99. The highest BCUT2D eigenvalue weighted by Gasteiger charge is 2.05. The van der Waals surface area contributed by atoms with Crippen molar-refractivity contribution in [1.82, 2.24) is 15.3 Å². The molecule has 1 aromatic rings. The van der Waals surface area contributed by atoms with Gasteiger partial charge in [-0.25, -0.2) is 9.78 Å². The number of nitrogens with two attached hydrogens (primary N) is 1. The van der Waals surface area contributed by atoms with Gasteiger partial charge in [0.2, 0.25) is 0 Å². The average Bonchev–Trinajstić information content (AvgIpc) is 2.64. The number of aromatic nitrogens is 2. The average molecular weight is 196 g/mol. The lowest BCUT2D eigenvalue weighted by atomic mass is 10.3. The van der Waals surface area contributed by atoms with Gasteiger partial charge in [-0.2, -0.15) is 0 Å². The van der Waals surface area contributed by atoms with Gasteiger partial charge in [-0.05, 0) is 6.08 Å². The quantitative estimate of drug-likeness (QED) is 0.470. The third-order valence-corrected chi connectivity index (χ3v) is 1.51. The molecule has 0 bridgehead atoms. The van der Waals surface area contributed by atoms with Crippen molar-refractivity contribution in [2.24, 2.45) is 5.73 Å². The SMILES string of the molecule is NCCN/C(=C/c1cnc[nH]1)C(=O)O. The molecule has 0 radical (unpaired) electrons. The number of carboxylic acids is 1. The van der Waals surface area contributed by atoms with Crippen LogP contribution in [0.15, 0.2) is 18.2 Å². The first kappa shape index (κ1) is 10.3. The van der Waals surface area contributed by atoms with Crippen LogP contribution in [0.5, 0.6) is 0 Å². The number of nitrogens with one attached hydrogen (secondary N) is 2. The molecule has 0 aliphatic carbocycles. The molecule has 6 heteroatoms. The Bertz CT molecular complexity index is 318. The van der Waals surface area contributed by atoms with Gasteiger partial charge in [0.25, 0.3) is 0 Å². The van der Waals surface area contributed by atoms with E-state index in [1.807, 2.05) is 0 Å². The van der Waals surface area contributed by atoms with E-state index in [1.54, 1.807) is 0 Å². The van der Waals surface area contributed by atoms with Crippen LogP contribution in [0.4, 0.5) is 0 Å². The smallest absolute Gasteiger partial charge is 0.352 e. The summed E-state index contributed by atoms with van der Waals surface area (Å²) in [5.74, 6) is -1.02.